The van der Waals surface area contributed by atoms with Crippen molar-refractivity contribution in [1.82, 2.24) is 9.55 Å². The van der Waals surface area contributed by atoms with E-state index >= 15 is 0 Å². The van der Waals surface area contributed by atoms with Gasteiger partial charge in [0.1, 0.15) is 5.82 Å². The molecule has 15 rings (SSSR count). The van der Waals surface area contributed by atoms with Gasteiger partial charge in [0.2, 0.25) is 0 Å². The molecule has 0 saturated carbocycles. The van der Waals surface area contributed by atoms with Crippen molar-refractivity contribution in [1.29, 1.82) is 0 Å². The molecule has 0 atom stereocenters. The SMILES string of the molecule is CC(C)(C)c1ccnc(-n2c3[c-]c(Oc4[c-]c(N5[CH-]N(c6c(-c7ccccc7)cc(-c7ccccc7)cc6-c6ccccc6)c6ccccc65)cc(C5(c6ccccc6)c6ccccc6-c6ccccc65)c4)ccc3c3ccccc32)c1.[Pt]. The van der Waals surface area contributed by atoms with Gasteiger partial charge in [-0.15, -0.1) is 53.6 Å². The number of hydrogen-bond donors (Lipinski definition) is 0. The van der Waals surface area contributed by atoms with Gasteiger partial charge in [-0.2, -0.15) is 6.07 Å². The van der Waals surface area contributed by atoms with Gasteiger partial charge in [-0.25, -0.2) is 4.98 Å². The topological polar surface area (TPSA) is 33.5 Å². The Balaban J connectivity index is 0.00000614. The number of fused-ring (bicyclic) bond motifs is 7. The van der Waals surface area contributed by atoms with Gasteiger partial charge in [0.05, 0.1) is 0 Å². The largest absolute Gasteiger partial charge is 0.509 e. The zero-order valence-electron chi connectivity index (χ0n) is 46.1. The summed E-state index contributed by atoms with van der Waals surface area (Å²) in [5, 5.41) is 2.19. The molecule has 0 radical (unpaired) electrons. The summed E-state index contributed by atoms with van der Waals surface area (Å²) in [6.07, 6.45) is 1.92. The number of para-hydroxylation sites is 3. The van der Waals surface area contributed by atoms with Gasteiger partial charge in [0, 0.05) is 77.9 Å². The van der Waals surface area contributed by atoms with Crippen LogP contribution in [0.4, 0.5) is 22.7 Å². The molecular formula is C77H55N4OPt-3. The average molecular weight is 1250 g/mol. The summed E-state index contributed by atoms with van der Waals surface area (Å²) in [6.45, 7) is 8.97. The Morgan fingerprint density at radius 1 is 0.446 bits per heavy atom. The molecule has 0 saturated heterocycles. The van der Waals surface area contributed by atoms with Gasteiger partial charge in [-0.1, -0.05) is 226 Å². The summed E-state index contributed by atoms with van der Waals surface area (Å²) >= 11 is 0. The Bertz CT molecular complexity index is 4460. The van der Waals surface area contributed by atoms with Crippen LogP contribution in [-0.2, 0) is 31.9 Å². The van der Waals surface area contributed by atoms with E-state index in [-0.39, 0.29) is 26.5 Å². The molecule has 0 fully saturated rings. The second kappa shape index (κ2) is 20.8. The molecule has 6 heteroatoms. The molecule has 1 aliphatic heterocycles. The Morgan fingerprint density at radius 2 is 1.00 bits per heavy atom. The van der Waals surface area contributed by atoms with Crippen molar-refractivity contribution in [3.8, 4) is 61.8 Å². The first kappa shape index (κ1) is 51.6. The maximum absolute atomic E-state index is 7.32. The van der Waals surface area contributed by atoms with Crippen LogP contribution in [-0.4, -0.2) is 9.55 Å². The second-order valence-corrected chi connectivity index (χ2v) is 22.4. The monoisotopic (exact) mass is 1250 g/mol. The molecule has 1 aliphatic carbocycles. The molecular weight excluding hydrogens is 1190 g/mol. The molecule has 0 unspecified atom stereocenters. The summed E-state index contributed by atoms with van der Waals surface area (Å²) in [6, 6.07) is 104. The number of aromatic nitrogens is 2. The third kappa shape index (κ3) is 8.69. The molecule has 0 bridgehead atoms. The van der Waals surface area contributed by atoms with Crippen molar-refractivity contribution < 1.29 is 25.8 Å². The summed E-state index contributed by atoms with van der Waals surface area (Å²) in [5.41, 5.74) is 20.1. The summed E-state index contributed by atoms with van der Waals surface area (Å²) in [4.78, 5) is 9.66. The van der Waals surface area contributed by atoms with Crippen molar-refractivity contribution in [3.05, 3.63) is 320 Å². The van der Waals surface area contributed by atoms with Crippen molar-refractivity contribution in [3.63, 3.8) is 0 Å². The fraction of sp³-hybridized carbons (Fsp3) is 0.0649. The van der Waals surface area contributed by atoms with Gasteiger partial charge in [-0.05, 0) is 109 Å². The Morgan fingerprint density at radius 3 is 1.64 bits per heavy atom. The van der Waals surface area contributed by atoms with Crippen LogP contribution < -0.4 is 14.5 Å². The molecule has 3 heterocycles. The van der Waals surface area contributed by atoms with E-state index in [1.807, 2.05) is 12.3 Å². The smallest absolute Gasteiger partial charge is 0.135 e. The zero-order chi connectivity index (χ0) is 54.9. The van der Waals surface area contributed by atoms with Crippen LogP contribution in [0.2, 0.25) is 0 Å². The van der Waals surface area contributed by atoms with Crippen LogP contribution in [0.1, 0.15) is 48.6 Å². The molecule has 11 aromatic carbocycles. The minimum atomic E-state index is -0.743. The summed E-state index contributed by atoms with van der Waals surface area (Å²) in [5.74, 6) is 1.96. The van der Waals surface area contributed by atoms with Gasteiger partial charge < -0.3 is 19.1 Å². The number of hydrogen-bond acceptors (Lipinski definition) is 4. The van der Waals surface area contributed by atoms with E-state index in [1.165, 1.54) is 27.8 Å². The molecule has 402 valence electrons. The molecule has 0 amide bonds. The number of ether oxygens (including phenoxy) is 1. The van der Waals surface area contributed by atoms with Crippen LogP contribution in [0, 0.1) is 18.8 Å². The number of nitrogens with zero attached hydrogens (tertiary/aromatic N) is 4. The molecule has 2 aliphatic rings. The van der Waals surface area contributed by atoms with Crippen LogP contribution in [0.5, 0.6) is 11.5 Å². The molecule has 83 heavy (non-hydrogen) atoms. The Labute approximate surface area is 499 Å². The normalized spacial score (nSPS) is 13.1. The third-order valence-corrected chi connectivity index (χ3v) is 16.6. The predicted octanol–water partition coefficient (Wildman–Crippen LogP) is 19.6. The molecule has 0 N–H and O–H groups in total. The minimum Gasteiger partial charge on any atom is -0.509 e. The first-order valence-corrected chi connectivity index (χ1v) is 28.1. The van der Waals surface area contributed by atoms with E-state index in [9.17, 15) is 0 Å². The number of anilines is 4. The fourth-order valence-electron chi connectivity index (χ4n) is 12.8. The van der Waals surface area contributed by atoms with E-state index < -0.39 is 5.41 Å². The van der Waals surface area contributed by atoms with Gasteiger partial charge in [-0.3, -0.25) is 0 Å². The van der Waals surface area contributed by atoms with Crippen molar-refractivity contribution in [2.24, 2.45) is 0 Å². The number of rotatable bonds is 10. The first-order valence-electron chi connectivity index (χ1n) is 28.1. The molecule has 13 aromatic rings. The standard InChI is InChI=1S/C77H55N4O.Pt/c1-76(2,3)57-42-43-78-74(48-57)81-70-37-21-18-34-64(70)65-41-40-60(50-73(65)81)82-61-47-58(77(56-30-14-7-15-31-56)68-35-19-16-32-62(68)63-33-17-20-36-69(63)77)46-59(49-61)79-51-80(72-39-23-22-38-71(72)79)75-66(53-26-10-5-11-27-53)44-55(52-24-8-4-9-25-52)45-67(75)54-28-12-6-13-29-54;/h4-48,51H,1-3H3;/q-3;. The van der Waals surface area contributed by atoms with Crippen molar-refractivity contribution in [2.45, 2.75) is 31.6 Å². The van der Waals surface area contributed by atoms with Crippen LogP contribution in [0.25, 0.3) is 72.1 Å². The maximum Gasteiger partial charge on any atom is 0.135 e. The fourth-order valence-corrected chi connectivity index (χ4v) is 12.8. The Hall–Kier alpha value is -9.54. The van der Waals surface area contributed by atoms with E-state index in [4.69, 9.17) is 9.72 Å². The minimum absolute atomic E-state index is 0. The van der Waals surface area contributed by atoms with E-state index in [2.05, 4.69) is 315 Å². The van der Waals surface area contributed by atoms with E-state index in [0.717, 1.165) is 94.9 Å². The van der Waals surface area contributed by atoms with E-state index in [0.29, 0.717) is 11.5 Å². The zero-order valence-corrected chi connectivity index (χ0v) is 48.3. The second-order valence-electron chi connectivity index (χ2n) is 22.4. The molecule has 5 nitrogen and oxygen atoms in total. The van der Waals surface area contributed by atoms with Crippen LogP contribution in [0.15, 0.2) is 273 Å². The van der Waals surface area contributed by atoms with Gasteiger partial charge in [0.15, 0.2) is 0 Å². The number of benzene rings is 11. The first-order chi connectivity index (χ1) is 40.3. The molecule has 0 spiro atoms. The quantitative estimate of drug-likeness (QED) is 0.128. The average Bonchev–Trinajstić information content (AvgIpc) is 1.94. The Kier molecular flexibility index (Phi) is 12.9. The number of pyridine rings is 1. The summed E-state index contributed by atoms with van der Waals surface area (Å²) in [7, 11) is 0. The molecule has 2 aromatic heterocycles. The van der Waals surface area contributed by atoms with Crippen molar-refractivity contribution >= 4 is 44.6 Å². The van der Waals surface area contributed by atoms with Crippen molar-refractivity contribution in [2.75, 3.05) is 9.80 Å². The summed E-state index contributed by atoms with van der Waals surface area (Å²) < 4.78 is 9.54. The third-order valence-electron chi connectivity index (χ3n) is 16.6. The van der Waals surface area contributed by atoms with Crippen LogP contribution in [0.3, 0.4) is 0 Å². The van der Waals surface area contributed by atoms with Gasteiger partial charge in [0.25, 0.3) is 0 Å². The van der Waals surface area contributed by atoms with E-state index in [1.54, 1.807) is 0 Å². The maximum atomic E-state index is 7.32. The van der Waals surface area contributed by atoms with Crippen LogP contribution >= 0.6 is 0 Å². The predicted molar refractivity (Wildman–Crippen MR) is 337 cm³/mol. The van der Waals surface area contributed by atoms with Gasteiger partial charge >= 0.3 is 0 Å².